The van der Waals surface area contributed by atoms with E-state index in [9.17, 15) is 22.3 Å². The van der Waals surface area contributed by atoms with Gasteiger partial charge in [0.2, 0.25) is 5.78 Å². The molecule has 0 unspecified atom stereocenters. The summed E-state index contributed by atoms with van der Waals surface area (Å²) in [5, 5.41) is 0.851. The van der Waals surface area contributed by atoms with Crippen LogP contribution in [0, 0.1) is 0 Å². The second kappa shape index (κ2) is 10.5. The van der Waals surface area contributed by atoms with Gasteiger partial charge in [-0.2, -0.15) is 8.42 Å². The molecule has 0 amide bonds. The number of fused-ring (bicyclic) bond motifs is 2. The maximum absolute atomic E-state index is 12.6. The minimum Gasteiger partial charge on any atom is -1.00 e. The van der Waals surface area contributed by atoms with Gasteiger partial charge in [-0.3, -0.25) is 18.5 Å². The molecule has 3 N–H and O–H groups in total. The fourth-order valence-electron chi connectivity index (χ4n) is 3.55. The van der Waals surface area contributed by atoms with E-state index in [0.29, 0.717) is 12.1 Å². The quantitative estimate of drug-likeness (QED) is 0.305. The molecule has 170 valence electrons. The normalized spacial score (nSPS) is 20.2. The number of carbonyl (C=O) groups is 1. The molecule has 0 saturated heterocycles. The minimum absolute atomic E-state index is 0. The first-order valence-corrected chi connectivity index (χ1v) is 13.7. The Morgan fingerprint density at radius 2 is 1.70 bits per heavy atom. The van der Waals surface area contributed by atoms with Crippen molar-refractivity contribution in [1.82, 2.24) is 0 Å². The van der Waals surface area contributed by atoms with Crippen molar-refractivity contribution in [3.05, 3.63) is 88.3 Å². The summed E-state index contributed by atoms with van der Waals surface area (Å²) >= 11 is 1.52. The van der Waals surface area contributed by atoms with Crippen LogP contribution in [0.4, 0.5) is 5.69 Å². The molecule has 33 heavy (non-hydrogen) atoms. The van der Waals surface area contributed by atoms with Gasteiger partial charge >= 0.3 is 29.6 Å². The van der Waals surface area contributed by atoms with Gasteiger partial charge in [0.15, 0.2) is 0 Å². The second-order valence-electron chi connectivity index (χ2n) is 7.16. The summed E-state index contributed by atoms with van der Waals surface area (Å²) in [5.74, 6) is -0.723. The van der Waals surface area contributed by atoms with E-state index in [1.807, 2.05) is 35.2 Å². The van der Waals surface area contributed by atoms with Gasteiger partial charge in [0, 0.05) is 17.0 Å². The molecule has 0 atom stereocenters. The summed E-state index contributed by atoms with van der Waals surface area (Å²) in [6.07, 6.45) is 6.77. The zero-order chi connectivity index (χ0) is 22.9. The molecule has 2 heterocycles. The van der Waals surface area contributed by atoms with E-state index in [1.54, 1.807) is 36.4 Å². The van der Waals surface area contributed by atoms with E-state index in [4.69, 9.17) is 4.55 Å². The van der Waals surface area contributed by atoms with Crippen molar-refractivity contribution in [3.8, 4) is 0 Å². The first-order valence-electron chi connectivity index (χ1n) is 9.69. The number of carbonyl (C=O) groups excluding carboxylic acids is 1. The molecule has 0 spiro atoms. The molecule has 0 aromatic heterocycles. The molecule has 4 rings (SSSR count). The third-order valence-electron chi connectivity index (χ3n) is 4.99. The number of rotatable bonds is 6. The van der Waals surface area contributed by atoms with Gasteiger partial charge in [-0.05, 0) is 42.8 Å². The Morgan fingerprint density at radius 3 is 2.42 bits per heavy atom. The van der Waals surface area contributed by atoms with Crippen molar-refractivity contribution in [3.63, 3.8) is 0 Å². The minimum atomic E-state index is -4.03. The van der Waals surface area contributed by atoms with Crippen molar-refractivity contribution in [2.45, 2.75) is 16.2 Å². The Balaban J connectivity index is 0.00000204. The molecule has 0 saturated carbocycles. The largest absolute Gasteiger partial charge is 1.00 e. The number of allylic oxidation sites excluding steroid dienone is 5. The molecule has 2 aromatic carbocycles. The summed E-state index contributed by atoms with van der Waals surface area (Å²) in [6, 6.07) is 14.2. The van der Waals surface area contributed by atoms with Crippen molar-refractivity contribution in [2.24, 2.45) is 0 Å². The Labute approximate surface area is 222 Å². The third kappa shape index (κ3) is 5.67. The molecule has 7 nitrogen and oxygen atoms in total. The van der Waals surface area contributed by atoms with Crippen molar-refractivity contribution < 1.29 is 57.9 Å². The fraction of sp³-hybridized carbons (Fsp3) is 0.136. The number of benzene rings is 2. The number of Topliss-reactive ketones (excluding diaryl/α,β-unsaturated/α-hetero) is 1. The Hall–Kier alpha value is -1.34. The molecule has 0 radical (unpaired) electrons. The number of para-hydroxylation sites is 1. The summed E-state index contributed by atoms with van der Waals surface area (Å²) in [4.78, 5) is 15.8. The first kappa shape index (κ1) is 26.3. The average Bonchev–Trinajstić information content (AvgIpc) is 3.18. The zero-order valence-corrected chi connectivity index (χ0v) is 22.2. The smallest absolute Gasteiger partial charge is 1.00 e. The molecular formula is C22H22NNaO6S3. The predicted octanol–water partition coefficient (Wildman–Crippen LogP) is 2.28. The average molecular weight is 516 g/mol. The maximum atomic E-state index is 12.6. The Bertz CT molecular complexity index is 1280. The number of ketones is 1. The van der Waals surface area contributed by atoms with Gasteiger partial charge in [-0.15, -0.1) is 10.6 Å². The molecule has 11 heteroatoms. The third-order valence-corrected chi connectivity index (χ3v) is 8.83. The standard InChI is InChI=1S/C22H21NO6S3.Na.H/c24-22-16-8-1-4-11-19(16)32(28,29)20(22)12-5-6-13-21-23(14-7-15-31(25,26)27)17-9-2-3-10-18(17)30-21;;/h1-6,8-13,28-29H,7,14-15H2,(H,25,26,27);;/q;+1;-1. The first-order chi connectivity index (χ1) is 15.2. The summed E-state index contributed by atoms with van der Waals surface area (Å²) in [5.41, 5.74) is 1.25. The molecule has 0 fully saturated rings. The number of hydrogen-bond donors (Lipinski definition) is 3. The van der Waals surface area contributed by atoms with Crippen molar-refractivity contribution >= 4 is 43.9 Å². The van der Waals surface area contributed by atoms with E-state index < -0.39 is 26.5 Å². The summed E-state index contributed by atoms with van der Waals surface area (Å²) < 4.78 is 52.2. The molecule has 0 aliphatic carbocycles. The number of thioether (sulfide) groups is 1. The van der Waals surface area contributed by atoms with E-state index in [1.165, 1.54) is 17.8 Å². The fourth-order valence-corrected chi connectivity index (χ4v) is 6.75. The van der Waals surface area contributed by atoms with Gasteiger partial charge < -0.3 is 6.33 Å². The SMILES string of the molecule is O=C1C(=CC=CC=C2Sc3ccccc3N2CCCS(=O)(=O)O)S(O)(O)c2ccccc21.[H-].[Na+]. The number of nitrogens with zero attached hydrogens (tertiary/aromatic N) is 1. The van der Waals surface area contributed by atoms with Crippen LogP contribution in [0.15, 0.2) is 92.6 Å². The Morgan fingerprint density at radius 1 is 1.03 bits per heavy atom. The van der Waals surface area contributed by atoms with E-state index in [-0.39, 0.29) is 53.0 Å². The van der Waals surface area contributed by atoms with Crippen LogP contribution < -0.4 is 34.5 Å². The van der Waals surface area contributed by atoms with Crippen molar-refractivity contribution in [1.29, 1.82) is 0 Å². The van der Waals surface area contributed by atoms with Crippen LogP contribution in [0.5, 0.6) is 0 Å². The van der Waals surface area contributed by atoms with Crippen LogP contribution in [0.3, 0.4) is 0 Å². The van der Waals surface area contributed by atoms with Crippen LogP contribution in [0.1, 0.15) is 18.2 Å². The second-order valence-corrected chi connectivity index (χ2v) is 11.8. The number of anilines is 1. The van der Waals surface area contributed by atoms with Crippen molar-refractivity contribution in [2.75, 3.05) is 17.2 Å². The van der Waals surface area contributed by atoms with Crippen LogP contribution in [-0.2, 0) is 10.1 Å². The molecule has 2 aliphatic rings. The van der Waals surface area contributed by atoms with Crippen LogP contribution >= 0.6 is 22.4 Å². The van der Waals surface area contributed by atoms with Gasteiger partial charge in [0.25, 0.3) is 10.1 Å². The monoisotopic (exact) mass is 515 g/mol. The van der Waals surface area contributed by atoms with Gasteiger partial charge in [0.1, 0.15) is 4.91 Å². The Kier molecular flexibility index (Phi) is 8.37. The zero-order valence-electron chi connectivity index (χ0n) is 18.8. The van der Waals surface area contributed by atoms with Gasteiger partial charge in [-0.1, -0.05) is 48.2 Å². The topological polar surface area (TPSA) is 115 Å². The van der Waals surface area contributed by atoms with Crippen LogP contribution in [0.25, 0.3) is 0 Å². The summed E-state index contributed by atoms with van der Waals surface area (Å²) in [7, 11) is -7.36. The van der Waals surface area contributed by atoms with Crippen LogP contribution in [0.2, 0.25) is 0 Å². The summed E-state index contributed by atoms with van der Waals surface area (Å²) in [6.45, 7) is 0.402. The van der Waals surface area contributed by atoms with Crippen LogP contribution in [-0.4, -0.2) is 40.2 Å². The molecule has 0 bridgehead atoms. The molecular weight excluding hydrogens is 493 g/mol. The van der Waals surface area contributed by atoms with Gasteiger partial charge in [-0.25, -0.2) is 0 Å². The molecule has 2 aliphatic heterocycles. The predicted molar refractivity (Wildman–Crippen MR) is 129 cm³/mol. The van der Waals surface area contributed by atoms with E-state index in [2.05, 4.69) is 0 Å². The van der Waals surface area contributed by atoms with E-state index >= 15 is 0 Å². The van der Waals surface area contributed by atoms with Gasteiger partial charge in [0.05, 0.1) is 21.4 Å². The van der Waals surface area contributed by atoms with E-state index in [0.717, 1.165) is 15.6 Å². The maximum Gasteiger partial charge on any atom is 1.00 e. The molecule has 2 aromatic rings. The number of hydrogen-bond acceptors (Lipinski definition) is 7.